The Kier molecular flexibility index (Phi) is 5.16. The fourth-order valence-electron chi connectivity index (χ4n) is 1.55. The van der Waals surface area contributed by atoms with Crippen LogP contribution in [0, 0.1) is 5.92 Å². The van der Waals surface area contributed by atoms with Crippen molar-refractivity contribution in [1.82, 2.24) is 5.32 Å². The Labute approximate surface area is 111 Å². The molecule has 0 saturated heterocycles. The molecule has 0 saturated carbocycles. The highest BCUT2D eigenvalue weighted by molar-refractivity contribution is 6.33. The second kappa shape index (κ2) is 6.40. The molecule has 2 atom stereocenters. The molecule has 0 aliphatic rings. The lowest BCUT2D eigenvalue weighted by Gasteiger charge is -2.20. The minimum absolute atomic E-state index is 0.145. The van der Waals surface area contributed by atoms with Gasteiger partial charge in [0.25, 0.3) is 5.91 Å². The van der Waals surface area contributed by atoms with Crippen LogP contribution in [0.4, 0.5) is 0 Å². The maximum Gasteiger partial charge on any atom is 0.326 e. The van der Waals surface area contributed by atoms with Crippen molar-refractivity contribution < 1.29 is 14.7 Å². The van der Waals surface area contributed by atoms with E-state index in [9.17, 15) is 9.59 Å². The van der Waals surface area contributed by atoms with Gasteiger partial charge in [-0.2, -0.15) is 0 Å². The van der Waals surface area contributed by atoms with E-state index in [-0.39, 0.29) is 11.5 Å². The Bertz CT molecular complexity index is 448. The predicted octanol–water partition coefficient (Wildman–Crippen LogP) is 2.57. The van der Waals surface area contributed by atoms with Crippen LogP contribution in [0.3, 0.4) is 0 Å². The Morgan fingerprint density at radius 1 is 1.39 bits per heavy atom. The molecule has 4 nitrogen and oxygen atoms in total. The highest BCUT2D eigenvalue weighted by atomic mass is 35.5. The van der Waals surface area contributed by atoms with Gasteiger partial charge in [-0.1, -0.05) is 44.0 Å². The van der Waals surface area contributed by atoms with E-state index in [1.165, 1.54) is 0 Å². The third-order valence-electron chi connectivity index (χ3n) is 2.88. The lowest BCUT2D eigenvalue weighted by atomic mass is 9.99. The lowest BCUT2D eigenvalue weighted by molar-refractivity contribution is -0.140. The fourth-order valence-corrected chi connectivity index (χ4v) is 1.77. The highest BCUT2D eigenvalue weighted by Crippen LogP contribution is 2.16. The van der Waals surface area contributed by atoms with Gasteiger partial charge in [0, 0.05) is 0 Å². The van der Waals surface area contributed by atoms with Crippen molar-refractivity contribution >= 4 is 23.5 Å². The summed E-state index contributed by atoms with van der Waals surface area (Å²) in [6.45, 7) is 3.66. The van der Waals surface area contributed by atoms with Gasteiger partial charge in [-0.15, -0.1) is 0 Å². The van der Waals surface area contributed by atoms with E-state index >= 15 is 0 Å². The first-order chi connectivity index (χ1) is 8.47. The zero-order chi connectivity index (χ0) is 13.7. The molecule has 1 rings (SSSR count). The van der Waals surface area contributed by atoms with E-state index in [2.05, 4.69) is 5.32 Å². The molecule has 18 heavy (non-hydrogen) atoms. The van der Waals surface area contributed by atoms with E-state index in [0.29, 0.717) is 11.4 Å². The van der Waals surface area contributed by atoms with Gasteiger partial charge in [-0.25, -0.2) is 4.79 Å². The van der Waals surface area contributed by atoms with Gasteiger partial charge in [0.15, 0.2) is 0 Å². The summed E-state index contributed by atoms with van der Waals surface area (Å²) in [7, 11) is 0. The molecule has 0 aromatic heterocycles. The molecule has 98 valence electrons. The molecule has 1 amide bonds. The van der Waals surface area contributed by atoms with Crippen molar-refractivity contribution in [2.75, 3.05) is 0 Å². The lowest BCUT2D eigenvalue weighted by Crippen LogP contribution is -2.45. The van der Waals surface area contributed by atoms with Gasteiger partial charge in [-0.3, -0.25) is 4.79 Å². The van der Waals surface area contributed by atoms with Gasteiger partial charge in [0.1, 0.15) is 6.04 Å². The maximum absolute atomic E-state index is 11.9. The first-order valence-electron chi connectivity index (χ1n) is 5.75. The van der Waals surface area contributed by atoms with Crippen molar-refractivity contribution in [1.29, 1.82) is 0 Å². The standard InChI is InChI=1S/C13H16ClNO3/c1-3-8(2)11(13(17)18)15-12(16)9-6-4-5-7-10(9)14/h4-8,11H,3H2,1-2H3,(H,15,16)(H,17,18)/t8?,11-/m0/s1. The Morgan fingerprint density at radius 2 is 2.00 bits per heavy atom. The van der Waals surface area contributed by atoms with Crippen molar-refractivity contribution in [3.05, 3.63) is 34.9 Å². The van der Waals surface area contributed by atoms with Crippen LogP contribution in [-0.4, -0.2) is 23.0 Å². The Balaban J connectivity index is 2.86. The zero-order valence-electron chi connectivity index (χ0n) is 10.3. The zero-order valence-corrected chi connectivity index (χ0v) is 11.1. The molecule has 0 spiro atoms. The van der Waals surface area contributed by atoms with Crippen LogP contribution in [0.2, 0.25) is 5.02 Å². The van der Waals surface area contributed by atoms with Gasteiger partial charge in [0.05, 0.1) is 10.6 Å². The van der Waals surface area contributed by atoms with E-state index in [0.717, 1.165) is 0 Å². The molecule has 0 aliphatic carbocycles. The average molecular weight is 270 g/mol. The molecule has 0 fully saturated rings. The van der Waals surface area contributed by atoms with Crippen LogP contribution in [-0.2, 0) is 4.79 Å². The van der Waals surface area contributed by atoms with Crippen molar-refractivity contribution in [2.45, 2.75) is 26.3 Å². The summed E-state index contributed by atoms with van der Waals surface area (Å²) in [5, 5.41) is 11.9. The van der Waals surface area contributed by atoms with Gasteiger partial charge in [-0.05, 0) is 18.1 Å². The monoisotopic (exact) mass is 269 g/mol. The first-order valence-corrected chi connectivity index (χ1v) is 6.13. The van der Waals surface area contributed by atoms with E-state index < -0.39 is 17.9 Å². The summed E-state index contributed by atoms with van der Waals surface area (Å²) >= 11 is 5.89. The predicted molar refractivity (Wildman–Crippen MR) is 69.8 cm³/mol. The Hall–Kier alpha value is -1.55. The van der Waals surface area contributed by atoms with Gasteiger partial charge < -0.3 is 10.4 Å². The minimum Gasteiger partial charge on any atom is -0.480 e. The maximum atomic E-state index is 11.9. The number of halogens is 1. The molecule has 1 unspecified atom stereocenters. The average Bonchev–Trinajstić information content (AvgIpc) is 2.35. The molecule has 0 heterocycles. The molecular weight excluding hydrogens is 254 g/mol. The minimum atomic E-state index is -1.04. The highest BCUT2D eigenvalue weighted by Gasteiger charge is 2.26. The van der Waals surface area contributed by atoms with E-state index in [1.807, 2.05) is 6.92 Å². The van der Waals surface area contributed by atoms with Crippen LogP contribution in [0.5, 0.6) is 0 Å². The first kappa shape index (κ1) is 14.5. The fraction of sp³-hybridized carbons (Fsp3) is 0.385. The van der Waals surface area contributed by atoms with E-state index in [4.69, 9.17) is 16.7 Å². The van der Waals surface area contributed by atoms with Gasteiger partial charge >= 0.3 is 5.97 Å². The Morgan fingerprint density at radius 3 is 2.50 bits per heavy atom. The molecule has 5 heteroatoms. The second-order valence-corrected chi connectivity index (χ2v) is 4.56. The molecule has 1 aromatic rings. The number of hydrogen-bond donors (Lipinski definition) is 2. The molecule has 0 bridgehead atoms. The molecule has 2 N–H and O–H groups in total. The van der Waals surface area contributed by atoms with E-state index in [1.54, 1.807) is 31.2 Å². The van der Waals surface area contributed by atoms with Crippen LogP contribution < -0.4 is 5.32 Å². The number of hydrogen-bond acceptors (Lipinski definition) is 2. The number of carbonyl (C=O) groups excluding carboxylic acids is 1. The third kappa shape index (κ3) is 3.47. The smallest absolute Gasteiger partial charge is 0.326 e. The molecular formula is C13H16ClNO3. The molecule has 0 aliphatic heterocycles. The van der Waals surface area contributed by atoms with Crippen molar-refractivity contribution in [2.24, 2.45) is 5.92 Å². The van der Waals surface area contributed by atoms with Crippen LogP contribution >= 0.6 is 11.6 Å². The number of nitrogens with one attached hydrogen (secondary N) is 1. The summed E-state index contributed by atoms with van der Waals surface area (Å²) in [4.78, 5) is 23.0. The number of carboxylic acids is 1. The SMILES string of the molecule is CCC(C)[C@H](NC(=O)c1ccccc1Cl)C(=O)O. The number of rotatable bonds is 5. The normalized spacial score (nSPS) is 13.7. The van der Waals surface area contributed by atoms with Crippen LogP contribution in [0.1, 0.15) is 30.6 Å². The number of carbonyl (C=O) groups is 2. The van der Waals surface area contributed by atoms with Gasteiger partial charge in [0.2, 0.25) is 0 Å². The second-order valence-electron chi connectivity index (χ2n) is 4.15. The summed E-state index contributed by atoms with van der Waals surface area (Å²) in [6.07, 6.45) is 0.666. The van der Waals surface area contributed by atoms with Crippen LogP contribution in [0.25, 0.3) is 0 Å². The summed E-state index contributed by atoms with van der Waals surface area (Å²) in [5.41, 5.74) is 0.286. The number of amides is 1. The molecule has 0 radical (unpaired) electrons. The van der Waals surface area contributed by atoms with Crippen molar-refractivity contribution in [3.8, 4) is 0 Å². The summed E-state index contributed by atoms with van der Waals surface area (Å²) < 4.78 is 0. The molecule has 1 aromatic carbocycles. The topological polar surface area (TPSA) is 66.4 Å². The number of benzene rings is 1. The largest absolute Gasteiger partial charge is 0.480 e. The summed E-state index contributed by atoms with van der Waals surface area (Å²) in [5.74, 6) is -1.65. The number of aliphatic carboxylic acids is 1. The van der Waals surface area contributed by atoms with Crippen molar-refractivity contribution in [3.63, 3.8) is 0 Å². The van der Waals surface area contributed by atoms with Crippen LogP contribution in [0.15, 0.2) is 24.3 Å². The quantitative estimate of drug-likeness (QED) is 0.863. The number of carboxylic acid groups (broad SMARTS) is 1. The summed E-state index contributed by atoms with van der Waals surface area (Å²) in [6, 6.07) is 5.64. The third-order valence-corrected chi connectivity index (χ3v) is 3.21.